The van der Waals surface area contributed by atoms with Crippen LogP contribution in [0.5, 0.6) is 11.5 Å². The van der Waals surface area contributed by atoms with Gasteiger partial charge in [-0.2, -0.15) is 0 Å². The van der Waals surface area contributed by atoms with E-state index in [0.29, 0.717) is 29.4 Å². The fraction of sp³-hybridized carbons (Fsp3) is 0.0833. The average Bonchev–Trinajstić information content (AvgIpc) is 2.76. The number of amides is 1. The van der Waals surface area contributed by atoms with Gasteiger partial charge in [0.2, 0.25) is 0 Å². The molecule has 0 saturated carbocycles. The van der Waals surface area contributed by atoms with Crippen LogP contribution in [0.1, 0.15) is 22.8 Å². The molecule has 6 nitrogen and oxygen atoms in total. The Balaban J connectivity index is 1.76. The zero-order valence-corrected chi connectivity index (χ0v) is 18.2. The van der Waals surface area contributed by atoms with Crippen molar-refractivity contribution in [3.05, 3.63) is 99.2 Å². The Labute approximate surface area is 187 Å². The molecule has 0 fully saturated rings. The second kappa shape index (κ2) is 10.3. The van der Waals surface area contributed by atoms with Crippen LogP contribution in [0.15, 0.2) is 88.1 Å². The number of rotatable bonds is 8. The van der Waals surface area contributed by atoms with Crippen molar-refractivity contribution >= 4 is 33.9 Å². The first kappa shape index (κ1) is 21.9. The Hall–Kier alpha value is -3.76. The molecule has 0 radical (unpaired) electrons. The third kappa shape index (κ3) is 5.87. The van der Waals surface area contributed by atoms with Crippen molar-refractivity contribution in [1.29, 1.82) is 0 Å². The number of carbonyl (C=O) groups excluding carboxylic acids is 2. The summed E-state index contributed by atoms with van der Waals surface area (Å²) in [6.07, 6.45) is 4.79. The van der Waals surface area contributed by atoms with Crippen LogP contribution in [0.4, 0.5) is 0 Å². The second-order valence-electron chi connectivity index (χ2n) is 6.23. The highest BCUT2D eigenvalue weighted by Gasteiger charge is 2.21. The molecule has 0 atom stereocenters. The Kier molecular flexibility index (Phi) is 7.31. The average molecular weight is 481 g/mol. The van der Waals surface area contributed by atoms with Crippen molar-refractivity contribution in [2.45, 2.75) is 6.92 Å². The molecule has 0 aromatic heterocycles. The molecule has 31 heavy (non-hydrogen) atoms. The van der Waals surface area contributed by atoms with Gasteiger partial charge in [-0.1, -0.05) is 35.7 Å². The maximum Gasteiger partial charge on any atom is 0.565 e. The van der Waals surface area contributed by atoms with Gasteiger partial charge in [0, 0.05) is 16.9 Å². The summed E-state index contributed by atoms with van der Waals surface area (Å²) in [6, 6.07) is 13.6. The van der Waals surface area contributed by atoms with E-state index in [-0.39, 0.29) is 11.3 Å². The van der Waals surface area contributed by atoms with Crippen LogP contribution >= 0.6 is 15.9 Å². The summed E-state index contributed by atoms with van der Waals surface area (Å²) in [5, 5.41) is 10.0. The highest BCUT2D eigenvalue weighted by atomic mass is 79.9. The largest absolute Gasteiger partial charge is 0.565 e. The lowest BCUT2D eigenvalue weighted by molar-refractivity contribution is -0.132. The first-order chi connectivity index (χ1) is 15.0. The van der Waals surface area contributed by atoms with Crippen LogP contribution in [-0.4, -0.2) is 23.6 Å². The minimum atomic E-state index is -1.01. The smallest absolute Gasteiger partial charge is 0.560 e. The van der Waals surface area contributed by atoms with E-state index >= 15 is 0 Å². The molecule has 2 aromatic carbocycles. The van der Waals surface area contributed by atoms with Crippen LogP contribution in [0.2, 0.25) is 0 Å². The molecule has 0 saturated heterocycles. The third-order valence-corrected chi connectivity index (χ3v) is 4.68. The molecule has 3 N–H and O–H groups in total. The van der Waals surface area contributed by atoms with E-state index in [1.807, 2.05) is 6.92 Å². The molecule has 0 aliphatic heterocycles. The Bertz CT molecular complexity index is 1160. The standard InChI is InChI=1S/C24H18BrNO5/c1-2-30-21-9-5-3-7-18(21)23(27)26-20(24(28)29)15-16-11-13-17(14-12-16)31-22-10-6-4-8-19(22)25/h3,5,7-15H,2H2,1H3,(H,26,27)(H,28,29)/p+1/b20-15-. The van der Waals surface area contributed by atoms with Gasteiger partial charge in [-0.25, -0.2) is 0 Å². The third-order valence-electron chi connectivity index (χ3n) is 4.06. The molecular weight excluding hydrogens is 462 g/mol. The van der Waals surface area contributed by atoms with Gasteiger partial charge in [0.05, 0.1) is 16.7 Å². The number of hydrogen-bond acceptors (Lipinski definition) is 4. The van der Waals surface area contributed by atoms with E-state index in [1.54, 1.807) is 60.7 Å². The monoisotopic (exact) mass is 480 g/mol. The lowest BCUT2D eigenvalue weighted by Gasteiger charge is -2.10. The van der Waals surface area contributed by atoms with Crippen LogP contribution in [0.3, 0.4) is 0 Å². The van der Waals surface area contributed by atoms with Crippen LogP contribution in [0.25, 0.3) is 6.08 Å². The maximum atomic E-state index is 12.6. The fourth-order valence-corrected chi connectivity index (χ4v) is 2.95. The summed E-state index contributed by atoms with van der Waals surface area (Å²) < 4.78 is 12.0. The number of ether oxygens (including phenoxy) is 2. The first-order valence-corrected chi connectivity index (χ1v) is 10.1. The molecule has 7 heteroatoms. The number of carbonyl (C=O) groups is 2. The van der Waals surface area contributed by atoms with E-state index in [9.17, 15) is 9.59 Å². The molecule has 3 rings (SSSR count). The van der Waals surface area contributed by atoms with Crippen LogP contribution in [-0.2, 0) is 4.79 Å². The maximum absolute atomic E-state index is 12.6. The van der Waals surface area contributed by atoms with E-state index in [4.69, 9.17) is 14.6 Å². The summed E-state index contributed by atoms with van der Waals surface area (Å²) in [5.41, 5.74) is 6.38. The van der Waals surface area contributed by atoms with Crippen molar-refractivity contribution < 1.29 is 24.2 Å². The lowest BCUT2D eigenvalue weighted by atomic mass is 10.1. The van der Waals surface area contributed by atoms with Gasteiger partial charge in [0.25, 0.3) is 5.91 Å². The summed E-state index contributed by atoms with van der Waals surface area (Å²) in [6.45, 7) is 2.21. The topological polar surface area (TPSA) is 87.5 Å². The summed E-state index contributed by atoms with van der Waals surface area (Å²) >= 11 is 3.38. The van der Waals surface area contributed by atoms with Crippen molar-refractivity contribution in [2.24, 2.45) is 0 Å². The highest BCUT2D eigenvalue weighted by molar-refractivity contribution is 9.11. The normalized spacial score (nSPS) is 12.6. The Morgan fingerprint density at radius 3 is 2.48 bits per heavy atom. The molecule has 156 valence electrons. The van der Waals surface area contributed by atoms with E-state index in [2.05, 4.69) is 32.7 Å². The van der Waals surface area contributed by atoms with Crippen molar-refractivity contribution in [3.63, 3.8) is 0 Å². The molecular formula is C24H19BrNO5+. The second-order valence-corrected chi connectivity index (χ2v) is 7.09. The van der Waals surface area contributed by atoms with Crippen molar-refractivity contribution in [1.82, 2.24) is 5.32 Å². The van der Waals surface area contributed by atoms with E-state index in [0.717, 1.165) is 4.48 Å². The molecule has 1 amide bonds. The molecule has 1 aliphatic carbocycles. The number of para-hydroxylation sites is 1. The van der Waals surface area contributed by atoms with Gasteiger partial charge < -0.3 is 19.9 Å². The minimum absolute atomic E-state index is 0.152. The van der Waals surface area contributed by atoms with Gasteiger partial charge >= 0.3 is 5.97 Å². The van der Waals surface area contributed by atoms with Gasteiger partial charge in [-0.05, 0) is 58.8 Å². The van der Waals surface area contributed by atoms with Gasteiger partial charge in [0.15, 0.2) is 11.5 Å². The predicted octanol–water partition coefficient (Wildman–Crippen LogP) is 3.97. The predicted molar refractivity (Wildman–Crippen MR) is 121 cm³/mol. The molecule has 0 heterocycles. The van der Waals surface area contributed by atoms with Crippen molar-refractivity contribution in [2.75, 3.05) is 6.61 Å². The minimum Gasteiger partial charge on any atom is -0.560 e. The molecule has 0 spiro atoms. The Morgan fingerprint density at radius 2 is 1.81 bits per heavy atom. The summed E-state index contributed by atoms with van der Waals surface area (Å²) in [4.78, 5) is 24.4. The SMILES string of the molecule is CCOc1ccccc1C(=O)N/C(=C\c1ccc(OC2=C(Br)C=C=C=C2)cc1)C(=O)[OH2+]. The van der Waals surface area contributed by atoms with Crippen molar-refractivity contribution in [3.8, 4) is 11.5 Å². The first-order valence-electron chi connectivity index (χ1n) is 9.34. The highest BCUT2D eigenvalue weighted by Crippen LogP contribution is 2.23. The fourth-order valence-electron chi connectivity index (χ4n) is 2.64. The molecule has 0 unspecified atom stereocenters. The quantitative estimate of drug-likeness (QED) is 0.351. The van der Waals surface area contributed by atoms with E-state index < -0.39 is 11.9 Å². The number of nitrogens with one attached hydrogen (secondary N) is 1. The zero-order valence-electron chi connectivity index (χ0n) is 16.6. The summed E-state index contributed by atoms with van der Waals surface area (Å²) in [5.74, 6) is 0.0262. The molecule has 1 aliphatic rings. The van der Waals surface area contributed by atoms with Gasteiger partial charge in [-0.15, -0.1) is 0 Å². The van der Waals surface area contributed by atoms with Crippen LogP contribution in [0, 0.1) is 0 Å². The van der Waals surface area contributed by atoms with Gasteiger partial charge in [0.1, 0.15) is 11.5 Å². The number of halogens is 1. The Morgan fingerprint density at radius 1 is 1.10 bits per heavy atom. The number of benzene rings is 2. The number of allylic oxidation sites excluding steroid dienone is 3. The van der Waals surface area contributed by atoms with Crippen LogP contribution < -0.4 is 14.8 Å². The number of hydrogen-bond donors (Lipinski definition) is 1. The summed E-state index contributed by atoms with van der Waals surface area (Å²) in [7, 11) is 0. The molecule has 2 aromatic rings. The van der Waals surface area contributed by atoms with Gasteiger partial charge in [-0.3, -0.25) is 4.79 Å². The van der Waals surface area contributed by atoms with E-state index in [1.165, 1.54) is 6.08 Å². The zero-order chi connectivity index (χ0) is 22.2. The lowest BCUT2D eigenvalue weighted by Crippen LogP contribution is -2.27. The molecule has 0 bridgehead atoms.